The zero-order chi connectivity index (χ0) is 15.7. The smallest absolute Gasteiger partial charge is 0.191 e. The zero-order valence-electron chi connectivity index (χ0n) is 14.4. The maximum atomic E-state index is 4.28. The van der Waals surface area contributed by atoms with Gasteiger partial charge in [0.1, 0.15) is 0 Å². The molecule has 0 aliphatic carbocycles. The monoisotopic (exact) mass is 438 g/mol. The molecule has 2 atom stereocenters. The molecule has 0 spiro atoms. The van der Waals surface area contributed by atoms with Crippen LogP contribution in [0.5, 0.6) is 0 Å². The summed E-state index contributed by atoms with van der Waals surface area (Å²) in [7, 11) is 3.99. The molecule has 4 nitrogen and oxygen atoms in total. The summed E-state index contributed by atoms with van der Waals surface area (Å²) < 4.78 is 0. The van der Waals surface area contributed by atoms with Gasteiger partial charge in [-0.2, -0.15) is 0 Å². The molecule has 2 unspecified atom stereocenters. The third kappa shape index (κ3) is 7.78. The largest absolute Gasteiger partial charge is 0.356 e. The van der Waals surface area contributed by atoms with Gasteiger partial charge in [-0.3, -0.25) is 4.99 Å². The summed E-state index contributed by atoms with van der Waals surface area (Å²) in [6.07, 6.45) is 1.18. The fourth-order valence-corrected chi connectivity index (χ4v) is 2.81. The quantitative estimate of drug-likeness (QED) is 0.372. The predicted molar refractivity (Wildman–Crippen MR) is 110 cm³/mol. The summed E-state index contributed by atoms with van der Waals surface area (Å²) in [5.41, 5.74) is 0. The van der Waals surface area contributed by atoms with Crippen LogP contribution in [-0.2, 0) is 0 Å². The molecule has 1 aromatic heterocycles. The molecule has 1 rings (SSSR count). The third-order valence-corrected chi connectivity index (χ3v) is 5.03. The number of likely N-dealkylation sites (N-methyl/N-ethyl adjacent to an activating group) is 1. The Bertz CT molecular complexity index is 408. The Morgan fingerprint density at radius 1 is 1.36 bits per heavy atom. The van der Waals surface area contributed by atoms with E-state index < -0.39 is 0 Å². The van der Waals surface area contributed by atoms with Crippen molar-refractivity contribution in [2.45, 2.75) is 39.2 Å². The van der Waals surface area contributed by atoms with Gasteiger partial charge in [0.2, 0.25) is 0 Å². The van der Waals surface area contributed by atoms with Crippen molar-refractivity contribution < 1.29 is 0 Å². The first-order valence-corrected chi connectivity index (χ1v) is 8.64. The molecule has 22 heavy (non-hydrogen) atoms. The second kappa shape index (κ2) is 12.1. The Hall–Kier alpha value is -0.340. The van der Waals surface area contributed by atoms with E-state index in [1.807, 2.05) is 18.4 Å². The lowest BCUT2D eigenvalue weighted by atomic mass is 10.1. The van der Waals surface area contributed by atoms with Crippen LogP contribution >= 0.6 is 35.3 Å². The Balaban J connectivity index is 0.00000441. The topological polar surface area (TPSA) is 39.7 Å². The van der Waals surface area contributed by atoms with Crippen LogP contribution in [0.3, 0.4) is 0 Å². The average Bonchev–Trinajstić information content (AvgIpc) is 3.03. The van der Waals surface area contributed by atoms with E-state index in [2.05, 4.69) is 65.9 Å². The van der Waals surface area contributed by atoms with E-state index in [1.54, 1.807) is 0 Å². The summed E-state index contributed by atoms with van der Waals surface area (Å²) in [6.45, 7) is 9.56. The molecular weight excluding hydrogens is 407 g/mol. The highest BCUT2D eigenvalue weighted by atomic mass is 127. The Labute approximate surface area is 156 Å². The van der Waals surface area contributed by atoms with Gasteiger partial charge in [0.05, 0.1) is 0 Å². The number of aliphatic imine (C=N–C) groups is 1. The van der Waals surface area contributed by atoms with Crippen molar-refractivity contribution in [2.75, 3.05) is 33.7 Å². The first-order chi connectivity index (χ1) is 10.1. The van der Waals surface area contributed by atoms with Crippen molar-refractivity contribution in [3.05, 3.63) is 22.4 Å². The van der Waals surface area contributed by atoms with Crippen LogP contribution in [0.25, 0.3) is 0 Å². The minimum Gasteiger partial charge on any atom is -0.356 e. The van der Waals surface area contributed by atoms with Crippen LogP contribution in [0.4, 0.5) is 0 Å². The molecule has 0 aliphatic heterocycles. The fraction of sp³-hybridized carbons (Fsp3) is 0.688. The van der Waals surface area contributed by atoms with Crippen molar-refractivity contribution in [1.29, 1.82) is 0 Å². The maximum absolute atomic E-state index is 4.28. The first-order valence-electron chi connectivity index (χ1n) is 7.76. The molecule has 1 aromatic rings. The van der Waals surface area contributed by atoms with Crippen LogP contribution in [0.15, 0.2) is 22.5 Å². The molecule has 0 bridgehead atoms. The minimum absolute atomic E-state index is 0. The molecule has 2 N–H and O–H groups in total. The molecule has 0 saturated carbocycles. The number of halogens is 1. The van der Waals surface area contributed by atoms with Gasteiger partial charge in [0, 0.05) is 43.5 Å². The summed E-state index contributed by atoms with van der Waals surface area (Å²) >= 11 is 1.81. The van der Waals surface area contributed by atoms with Crippen LogP contribution in [0, 0.1) is 0 Å². The number of hydrogen-bond donors (Lipinski definition) is 2. The highest BCUT2D eigenvalue weighted by Gasteiger charge is 2.08. The van der Waals surface area contributed by atoms with E-state index in [9.17, 15) is 0 Å². The summed E-state index contributed by atoms with van der Waals surface area (Å²) in [5, 5.41) is 8.91. The molecule has 6 heteroatoms. The molecule has 0 amide bonds. The van der Waals surface area contributed by atoms with E-state index >= 15 is 0 Å². The Morgan fingerprint density at radius 2 is 2.09 bits per heavy atom. The van der Waals surface area contributed by atoms with Gasteiger partial charge in [-0.25, -0.2) is 0 Å². The third-order valence-electron chi connectivity index (χ3n) is 3.93. The Morgan fingerprint density at radius 3 is 2.64 bits per heavy atom. The number of thiophene rings is 1. The van der Waals surface area contributed by atoms with Gasteiger partial charge in [-0.15, -0.1) is 35.3 Å². The maximum Gasteiger partial charge on any atom is 0.191 e. The van der Waals surface area contributed by atoms with Crippen LogP contribution < -0.4 is 10.6 Å². The Kier molecular flexibility index (Phi) is 11.9. The number of rotatable bonds is 8. The van der Waals surface area contributed by atoms with Crippen molar-refractivity contribution in [2.24, 2.45) is 4.99 Å². The fourth-order valence-electron chi connectivity index (χ4n) is 2.03. The molecule has 0 aromatic carbocycles. The second-order valence-electron chi connectivity index (χ2n) is 5.53. The predicted octanol–water partition coefficient (Wildman–Crippen LogP) is 3.36. The van der Waals surface area contributed by atoms with Gasteiger partial charge >= 0.3 is 0 Å². The molecule has 128 valence electrons. The van der Waals surface area contributed by atoms with Crippen molar-refractivity contribution in [3.8, 4) is 0 Å². The summed E-state index contributed by atoms with van der Waals surface area (Å²) in [4.78, 5) is 8.06. The van der Waals surface area contributed by atoms with Gasteiger partial charge in [0.25, 0.3) is 0 Å². The summed E-state index contributed by atoms with van der Waals surface area (Å²) in [6, 6.07) is 4.92. The molecule has 1 heterocycles. The van der Waals surface area contributed by atoms with Crippen molar-refractivity contribution >= 4 is 41.3 Å². The van der Waals surface area contributed by atoms with Gasteiger partial charge in [-0.1, -0.05) is 19.9 Å². The van der Waals surface area contributed by atoms with E-state index in [0.717, 1.165) is 25.6 Å². The summed E-state index contributed by atoms with van der Waals surface area (Å²) in [5.74, 6) is 1.39. The van der Waals surface area contributed by atoms with Crippen molar-refractivity contribution in [3.63, 3.8) is 0 Å². The normalized spacial score (nSPS) is 14.4. The standard InChI is InChI=1S/C16H30N4S.HI/c1-6-14(3)20(5)10-9-18-16(17-4)19-12-13(2)15-8-7-11-21-15;/h7-8,11,13-14H,6,9-10,12H2,1-5H3,(H2,17,18,19);1H. The van der Waals surface area contributed by atoms with Gasteiger partial charge in [-0.05, 0) is 31.8 Å². The SMILES string of the molecule is CCC(C)N(C)CCNC(=NC)NCC(C)c1cccs1.I. The van der Waals surface area contributed by atoms with Crippen LogP contribution in [-0.4, -0.2) is 50.6 Å². The highest BCUT2D eigenvalue weighted by molar-refractivity contribution is 14.0. The second-order valence-corrected chi connectivity index (χ2v) is 6.51. The zero-order valence-corrected chi connectivity index (χ0v) is 17.6. The average molecular weight is 438 g/mol. The highest BCUT2D eigenvalue weighted by Crippen LogP contribution is 2.19. The lowest BCUT2D eigenvalue weighted by Crippen LogP contribution is -2.43. The lowest BCUT2D eigenvalue weighted by molar-refractivity contribution is 0.255. The lowest BCUT2D eigenvalue weighted by Gasteiger charge is -2.24. The molecule has 0 saturated heterocycles. The number of nitrogens with zero attached hydrogens (tertiary/aromatic N) is 2. The van der Waals surface area contributed by atoms with E-state index in [1.165, 1.54) is 11.3 Å². The number of nitrogens with one attached hydrogen (secondary N) is 2. The molecular formula is C16H31IN4S. The van der Waals surface area contributed by atoms with Crippen molar-refractivity contribution in [1.82, 2.24) is 15.5 Å². The first kappa shape index (κ1) is 21.7. The molecule has 0 aliphatic rings. The van der Waals surface area contributed by atoms with Crippen LogP contribution in [0.2, 0.25) is 0 Å². The number of hydrogen-bond acceptors (Lipinski definition) is 3. The molecule has 0 radical (unpaired) electrons. The number of guanidine groups is 1. The van der Waals surface area contributed by atoms with Gasteiger partial charge in [0.15, 0.2) is 5.96 Å². The van der Waals surface area contributed by atoms with E-state index in [0.29, 0.717) is 12.0 Å². The van der Waals surface area contributed by atoms with E-state index in [4.69, 9.17) is 0 Å². The minimum atomic E-state index is 0. The van der Waals surface area contributed by atoms with E-state index in [-0.39, 0.29) is 24.0 Å². The molecule has 0 fully saturated rings. The van der Waals surface area contributed by atoms with Crippen LogP contribution in [0.1, 0.15) is 38.0 Å². The van der Waals surface area contributed by atoms with Gasteiger partial charge < -0.3 is 15.5 Å².